The van der Waals surface area contributed by atoms with E-state index in [-0.39, 0.29) is 13.2 Å². The second-order valence-electron chi connectivity index (χ2n) is 10.9. The molecular weight excluding hydrogens is 556 g/mol. The minimum Gasteiger partial charge on any atom is -0.493 e. The molecule has 2 heterocycles. The molecule has 2 aromatic carbocycles. The van der Waals surface area contributed by atoms with E-state index in [0.29, 0.717) is 13.2 Å². The summed E-state index contributed by atoms with van der Waals surface area (Å²) in [6, 6.07) is 22.3. The predicted molar refractivity (Wildman–Crippen MR) is 160 cm³/mol. The molecule has 42 heavy (non-hydrogen) atoms. The summed E-state index contributed by atoms with van der Waals surface area (Å²) in [5, 5.41) is 32.3. The van der Waals surface area contributed by atoms with Crippen LogP contribution >= 0.6 is 0 Å². The molecule has 2 aliphatic rings. The van der Waals surface area contributed by atoms with Gasteiger partial charge in [0, 0.05) is 0 Å². The Labute approximate surface area is 250 Å². The molecule has 2 aliphatic heterocycles. The van der Waals surface area contributed by atoms with Crippen molar-refractivity contribution < 1.29 is 43.4 Å². The molecular formula is C32H46O9Si. The molecule has 0 aromatic heterocycles. The van der Waals surface area contributed by atoms with Crippen molar-refractivity contribution in [2.24, 2.45) is 0 Å². The van der Waals surface area contributed by atoms with Crippen molar-refractivity contribution in [1.82, 2.24) is 0 Å². The lowest BCUT2D eigenvalue weighted by atomic mass is 9.98. The largest absolute Gasteiger partial charge is 0.493 e. The van der Waals surface area contributed by atoms with Gasteiger partial charge in [0.1, 0.15) is 36.6 Å². The zero-order valence-corrected chi connectivity index (χ0v) is 25.8. The molecule has 0 bridgehead atoms. The summed E-state index contributed by atoms with van der Waals surface area (Å²) < 4.78 is 37.0. The average molecular weight is 603 g/mol. The van der Waals surface area contributed by atoms with Gasteiger partial charge in [-0.1, -0.05) is 81.4 Å². The molecule has 232 valence electrons. The van der Waals surface area contributed by atoms with Crippen LogP contribution in [0, 0.1) is 0 Å². The number of rotatable bonds is 15. The molecule has 2 aromatic rings. The van der Waals surface area contributed by atoms with Crippen LogP contribution in [-0.2, 0) is 41.3 Å². The topological polar surface area (TPSA) is 116 Å². The van der Waals surface area contributed by atoms with Gasteiger partial charge >= 0.3 is 0 Å². The van der Waals surface area contributed by atoms with E-state index < -0.39 is 57.3 Å². The first kappa shape index (κ1) is 32.8. The van der Waals surface area contributed by atoms with Crippen LogP contribution in [0.25, 0.3) is 0 Å². The van der Waals surface area contributed by atoms with Gasteiger partial charge in [0.15, 0.2) is 14.6 Å². The quantitative estimate of drug-likeness (QED) is 0.261. The summed E-state index contributed by atoms with van der Waals surface area (Å²) >= 11 is 0. The van der Waals surface area contributed by atoms with Crippen LogP contribution in [-0.4, -0.2) is 85.9 Å². The molecule has 1 saturated heterocycles. The predicted octanol–water partition coefficient (Wildman–Crippen LogP) is 3.92. The summed E-state index contributed by atoms with van der Waals surface area (Å²) in [4.78, 5) is 0. The van der Waals surface area contributed by atoms with E-state index in [1.807, 2.05) is 66.7 Å². The van der Waals surface area contributed by atoms with Gasteiger partial charge in [-0.3, -0.25) is 0 Å². The fraction of sp³-hybridized carbons (Fsp3) is 0.562. The maximum atomic E-state index is 10.9. The molecule has 0 amide bonds. The minimum absolute atomic E-state index is 0.00183. The monoisotopic (exact) mass is 602 g/mol. The van der Waals surface area contributed by atoms with Crippen molar-refractivity contribution in [2.75, 3.05) is 13.2 Å². The van der Waals surface area contributed by atoms with Crippen LogP contribution in [0.2, 0.25) is 18.1 Å². The number of hydrogen-bond acceptors (Lipinski definition) is 9. The second-order valence-corrected chi connectivity index (χ2v) is 15.7. The van der Waals surface area contributed by atoms with Crippen molar-refractivity contribution in [3.8, 4) is 0 Å². The maximum Gasteiger partial charge on any atom is 0.193 e. The smallest absolute Gasteiger partial charge is 0.193 e. The Balaban J connectivity index is 1.48. The van der Waals surface area contributed by atoms with E-state index in [4.69, 9.17) is 28.1 Å². The van der Waals surface area contributed by atoms with E-state index in [1.165, 1.54) is 0 Å². The Morgan fingerprint density at radius 1 is 0.714 bits per heavy atom. The molecule has 9 nitrogen and oxygen atoms in total. The normalized spacial score (nSPS) is 29.8. The zero-order chi connectivity index (χ0) is 30.0. The molecule has 1 fully saturated rings. The minimum atomic E-state index is -2.07. The Hall–Kier alpha value is -2.12. The van der Waals surface area contributed by atoms with Crippen molar-refractivity contribution >= 4 is 8.32 Å². The Morgan fingerprint density at radius 2 is 1.26 bits per heavy atom. The number of aliphatic hydroxyl groups is 3. The first-order chi connectivity index (χ1) is 20.4. The van der Waals surface area contributed by atoms with Crippen LogP contribution < -0.4 is 0 Å². The van der Waals surface area contributed by atoms with Crippen molar-refractivity contribution in [3.05, 3.63) is 84.1 Å². The molecule has 0 saturated carbocycles. The van der Waals surface area contributed by atoms with Crippen LogP contribution in [0.3, 0.4) is 0 Å². The first-order valence-corrected chi connectivity index (χ1v) is 17.5. The van der Waals surface area contributed by atoms with Gasteiger partial charge in [-0.25, -0.2) is 0 Å². The molecule has 0 radical (unpaired) electrons. The van der Waals surface area contributed by atoms with Gasteiger partial charge in [0.2, 0.25) is 0 Å². The zero-order valence-electron chi connectivity index (χ0n) is 24.8. The lowest BCUT2D eigenvalue weighted by Gasteiger charge is -2.45. The average Bonchev–Trinajstić information content (AvgIpc) is 3.03. The Kier molecular flexibility index (Phi) is 12.6. The van der Waals surface area contributed by atoms with Crippen molar-refractivity contribution in [1.29, 1.82) is 0 Å². The molecule has 0 spiro atoms. The molecule has 0 unspecified atom stereocenters. The summed E-state index contributed by atoms with van der Waals surface area (Å²) in [7, 11) is -2.07. The van der Waals surface area contributed by atoms with Crippen molar-refractivity contribution in [2.45, 2.75) is 101 Å². The van der Waals surface area contributed by atoms with E-state index in [2.05, 4.69) is 20.8 Å². The Morgan fingerprint density at radius 3 is 1.81 bits per heavy atom. The fourth-order valence-corrected chi connectivity index (χ4v) is 8.16. The molecule has 3 N–H and O–H groups in total. The molecule has 8 atom stereocenters. The third-order valence-electron chi connectivity index (χ3n) is 8.28. The fourth-order valence-electron chi connectivity index (χ4n) is 5.37. The highest BCUT2D eigenvalue weighted by molar-refractivity contribution is 6.73. The van der Waals surface area contributed by atoms with E-state index in [1.54, 1.807) is 6.26 Å². The lowest BCUT2D eigenvalue weighted by molar-refractivity contribution is -0.325. The highest BCUT2D eigenvalue weighted by Crippen LogP contribution is 2.32. The van der Waals surface area contributed by atoms with Gasteiger partial charge in [-0.05, 0) is 35.3 Å². The molecule has 4 rings (SSSR count). The van der Waals surface area contributed by atoms with Crippen LogP contribution in [0.1, 0.15) is 31.9 Å². The van der Waals surface area contributed by atoms with Gasteiger partial charge in [-0.15, -0.1) is 0 Å². The molecule has 10 heteroatoms. The summed E-state index contributed by atoms with van der Waals surface area (Å²) in [6.45, 7) is 7.39. The number of ether oxygens (including phenoxy) is 5. The highest BCUT2D eigenvalue weighted by atomic mass is 28.4. The van der Waals surface area contributed by atoms with Gasteiger partial charge < -0.3 is 43.4 Å². The third kappa shape index (κ3) is 8.49. The number of benzene rings is 2. The van der Waals surface area contributed by atoms with Gasteiger partial charge in [-0.2, -0.15) is 0 Å². The van der Waals surface area contributed by atoms with Crippen LogP contribution in [0.15, 0.2) is 73.0 Å². The van der Waals surface area contributed by atoms with E-state index in [9.17, 15) is 15.3 Å². The lowest BCUT2D eigenvalue weighted by Crippen LogP contribution is -2.62. The summed E-state index contributed by atoms with van der Waals surface area (Å²) in [5.74, 6) is 0. The van der Waals surface area contributed by atoms with E-state index >= 15 is 0 Å². The van der Waals surface area contributed by atoms with Gasteiger partial charge in [0.05, 0.1) is 38.8 Å². The number of hydrogen-bond donors (Lipinski definition) is 3. The van der Waals surface area contributed by atoms with Crippen molar-refractivity contribution in [3.63, 3.8) is 0 Å². The van der Waals surface area contributed by atoms with Gasteiger partial charge in [0.25, 0.3) is 0 Å². The van der Waals surface area contributed by atoms with Crippen LogP contribution in [0.5, 0.6) is 0 Å². The third-order valence-corrected chi connectivity index (χ3v) is 12.9. The summed E-state index contributed by atoms with van der Waals surface area (Å²) in [6.07, 6.45) is -4.77. The maximum absolute atomic E-state index is 10.9. The SMILES string of the molecule is CC[Si](CC)(CC)O[C@@H]1C=CO[C@H](COCc2ccccc2)[C@H]1O[C@@H]1O[C@H](COCc2ccccc2)[C@H](O)[C@H](O)[C@H]1O. The standard InChI is InChI=1S/C32H46O9Si/c1-4-42(5-2,6-3)41-25-17-18-38-27(22-37-20-24-15-11-8-12-16-24)31(25)40-32-30(35)29(34)28(33)26(39-32)21-36-19-23-13-9-7-10-14-23/h7-18,25-35H,4-6,19-22H2,1-3H3/t25-,26-,27-,28+,29+,30-,31+,32+/m1/s1. The Bertz CT molecular complexity index is 1060. The summed E-state index contributed by atoms with van der Waals surface area (Å²) in [5.41, 5.74) is 2.00. The first-order valence-electron chi connectivity index (χ1n) is 15.0. The number of aliphatic hydroxyl groups excluding tert-OH is 3. The van der Waals surface area contributed by atoms with Crippen LogP contribution in [0.4, 0.5) is 0 Å². The highest BCUT2D eigenvalue weighted by Gasteiger charge is 2.48. The second kappa shape index (κ2) is 16.1. The van der Waals surface area contributed by atoms with E-state index in [0.717, 1.165) is 29.3 Å². The molecule has 0 aliphatic carbocycles.